The number of anilines is 2. The average Bonchev–Trinajstić information content (AvgIpc) is 2.37. The second kappa shape index (κ2) is 5.61. The van der Waals surface area contributed by atoms with Crippen LogP contribution in [0.5, 0.6) is 0 Å². The number of nitrogens with zero attached hydrogens (tertiary/aromatic N) is 2. The lowest BCUT2D eigenvalue weighted by atomic mass is 10.0. The van der Waals surface area contributed by atoms with E-state index >= 15 is 0 Å². The summed E-state index contributed by atoms with van der Waals surface area (Å²) in [7, 11) is 2.16. The summed E-state index contributed by atoms with van der Waals surface area (Å²) in [6.07, 6.45) is 1.16. The molecule has 3 nitrogen and oxygen atoms in total. The van der Waals surface area contributed by atoms with E-state index in [1.54, 1.807) is 0 Å². The van der Waals surface area contributed by atoms with Gasteiger partial charge >= 0.3 is 0 Å². The van der Waals surface area contributed by atoms with Crippen molar-refractivity contribution in [2.24, 2.45) is 11.7 Å². The van der Waals surface area contributed by atoms with Crippen molar-refractivity contribution >= 4 is 11.4 Å². The molecule has 1 heterocycles. The van der Waals surface area contributed by atoms with Crippen molar-refractivity contribution in [2.45, 2.75) is 26.3 Å². The minimum absolute atomic E-state index is 0.458. The third kappa shape index (κ3) is 2.61. The van der Waals surface area contributed by atoms with Gasteiger partial charge in [-0.05, 0) is 24.5 Å². The molecule has 0 spiro atoms. The summed E-state index contributed by atoms with van der Waals surface area (Å²) in [5.74, 6) is 0.686. The van der Waals surface area contributed by atoms with Crippen molar-refractivity contribution in [3.63, 3.8) is 0 Å². The molecule has 1 aliphatic heterocycles. The number of para-hydroxylation sites is 2. The molecule has 1 atom stereocenters. The molecule has 0 aromatic heterocycles. The number of nitrogens with two attached hydrogens (primary N) is 1. The van der Waals surface area contributed by atoms with Crippen LogP contribution in [-0.4, -0.2) is 32.7 Å². The van der Waals surface area contributed by atoms with Crippen molar-refractivity contribution in [1.29, 1.82) is 0 Å². The van der Waals surface area contributed by atoms with Crippen molar-refractivity contribution in [3.05, 3.63) is 24.3 Å². The maximum absolute atomic E-state index is 5.99. The molecule has 0 amide bonds. The fourth-order valence-electron chi connectivity index (χ4n) is 2.80. The van der Waals surface area contributed by atoms with Gasteiger partial charge in [-0.2, -0.15) is 0 Å². The minimum atomic E-state index is 0.458. The molecule has 1 aromatic carbocycles. The first-order valence-corrected chi connectivity index (χ1v) is 6.90. The Kier molecular flexibility index (Phi) is 4.12. The Morgan fingerprint density at radius 3 is 2.44 bits per heavy atom. The van der Waals surface area contributed by atoms with Crippen LogP contribution in [0.1, 0.15) is 20.3 Å². The summed E-state index contributed by atoms with van der Waals surface area (Å²) in [4.78, 5) is 4.82. The lowest BCUT2D eigenvalue weighted by Crippen LogP contribution is -2.48. The first kappa shape index (κ1) is 13.2. The summed E-state index contributed by atoms with van der Waals surface area (Å²) >= 11 is 0. The van der Waals surface area contributed by atoms with Crippen molar-refractivity contribution in [3.8, 4) is 0 Å². The van der Waals surface area contributed by atoms with Crippen LogP contribution in [-0.2, 0) is 0 Å². The van der Waals surface area contributed by atoms with E-state index in [0.717, 1.165) is 26.1 Å². The Balaban J connectivity index is 2.26. The SMILES string of the molecule is CC(C)CC(CN)N1CCN(C)c2ccccc21. The van der Waals surface area contributed by atoms with Crippen LogP contribution >= 0.6 is 0 Å². The smallest absolute Gasteiger partial charge is 0.0607 e. The molecule has 18 heavy (non-hydrogen) atoms. The Hall–Kier alpha value is -1.22. The van der Waals surface area contributed by atoms with Gasteiger partial charge < -0.3 is 15.5 Å². The molecule has 0 saturated carbocycles. The average molecular weight is 247 g/mol. The van der Waals surface area contributed by atoms with Crippen LogP contribution in [0.2, 0.25) is 0 Å². The Bertz CT molecular complexity index is 389. The van der Waals surface area contributed by atoms with Gasteiger partial charge in [-0.15, -0.1) is 0 Å². The normalized spacial score (nSPS) is 16.9. The zero-order valence-corrected chi connectivity index (χ0v) is 11.8. The molecule has 0 fully saturated rings. The molecule has 2 rings (SSSR count). The number of benzene rings is 1. The van der Waals surface area contributed by atoms with E-state index in [0.29, 0.717) is 12.0 Å². The zero-order chi connectivity index (χ0) is 13.1. The van der Waals surface area contributed by atoms with Crippen molar-refractivity contribution in [2.75, 3.05) is 36.5 Å². The molecular formula is C15H25N3. The van der Waals surface area contributed by atoms with Crippen LogP contribution in [0, 0.1) is 5.92 Å². The van der Waals surface area contributed by atoms with E-state index in [1.165, 1.54) is 11.4 Å². The van der Waals surface area contributed by atoms with Crippen LogP contribution < -0.4 is 15.5 Å². The number of hydrogen-bond acceptors (Lipinski definition) is 3. The van der Waals surface area contributed by atoms with Crippen molar-refractivity contribution in [1.82, 2.24) is 0 Å². The maximum atomic E-state index is 5.99. The monoisotopic (exact) mass is 247 g/mol. The molecule has 1 aromatic rings. The molecule has 0 radical (unpaired) electrons. The molecule has 0 aliphatic carbocycles. The third-order valence-electron chi connectivity index (χ3n) is 3.74. The summed E-state index contributed by atoms with van der Waals surface area (Å²) in [5, 5.41) is 0. The predicted octanol–water partition coefficient (Wildman–Crippen LogP) is 2.32. The van der Waals surface area contributed by atoms with E-state index in [1.807, 2.05) is 0 Å². The van der Waals surface area contributed by atoms with Gasteiger partial charge in [0.1, 0.15) is 0 Å². The molecule has 100 valence electrons. The zero-order valence-electron chi connectivity index (χ0n) is 11.8. The van der Waals surface area contributed by atoms with Crippen LogP contribution in [0.15, 0.2) is 24.3 Å². The van der Waals surface area contributed by atoms with Gasteiger partial charge in [0.15, 0.2) is 0 Å². The van der Waals surface area contributed by atoms with Gasteiger partial charge in [0.25, 0.3) is 0 Å². The fourth-order valence-corrected chi connectivity index (χ4v) is 2.80. The largest absolute Gasteiger partial charge is 0.371 e. The summed E-state index contributed by atoms with van der Waals surface area (Å²) in [5.41, 5.74) is 8.65. The maximum Gasteiger partial charge on any atom is 0.0607 e. The molecule has 0 saturated heterocycles. The van der Waals surface area contributed by atoms with Crippen LogP contribution in [0.4, 0.5) is 11.4 Å². The highest BCUT2D eigenvalue weighted by Gasteiger charge is 2.25. The second-order valence-corrected chi connectivity index (χ2v) is 5.62. The highest BCUT2D eigenvalue weighted by atomic mass is 15.3. The van der Waals surface area contributed by atoms with Gasteiger partial charge in [0.2, 0.25) is 0 Å². The van der Waals surface area contributed by atoms with Gasteiger partial charge in [-0.1, -0.05) is 26.0 Å². The summed E-state index contributed by atoms with van der Waals surface area (Å²) in [6.45, 7) is 7.42. The van der Waals surface area contributed by atoms with Crippen LogP contribution in [0.25, 0.3) is 0 Å². The lowest BCUT2D eigenvalue weighted by Gasteiger charge is -2.41. The fraction of sp³-hybridized carbons (Fsp3) is 0.600. The van der Waals surface area contributed by atoms with Gasteiger partial charge in [0, 0.05) is 32.7 Å². The molecular weight excluding hydrogens is 222 g/mol. The summed E-state index contributed by atoms with van der Waals surface area (Å²) < 4.78 is 0. The van der Waals surface area contributed by atoms with Gasteiger partial charge in [0.05, 0.1) is 11.4 Å². The Morgan fingerprint density at radius 1 is 1.17 bits per heavy atom. The quantitative estimate of drug-likeness (QED) is 0.886. The Morgan fingerprint density at radius 2 is 1.83 bits per heavy atom. The third-order valence-corrected chi connectivity index (χ3v) is 3.74. The number of hydrogen-bond donors (Lipinski definition) is 1. The highest BCUT2D eigenvalue weighted by molar-refractivity contribution is 5.73. The van der Waals surface area contributed by atoms with E-state index in [-0.39, 0.29) is 0 Å². The second-order valence-electron chi connectivity index (χ2n) is 5.62. The lowest BCUT2D eigenvalue weighted by molar-refractivity contribution is 0.466. The molecule has 1 unspecified atom stereocenters. The molecule has 3 heteroatoms. The molecule has 1 aliphatic rings. The minimum Gasteiger partial charge on any atom is -0.371 e. The first-order valence-electron chi connectivity index (χ1n) is 6.90. The van der Waals surface area contributed by atoms with Crippen molar-refractivity contribution < 1.29 is 0 Å². The Labute approximate surface area is 111 Å². The molecule has 2 N–H and O–H groups in total. The van der Waals surface area contributed by atoms with E-state index in [2.05, 4.69) is 55.0 Å². The van der Waals surface area contributed by atoms with Gasteiger partial charge in [-0.25, -0.2) is 0 Å². The standard InChI is InChI=1S/C15H25N3/c1-12(2)10-13(11-16)18-9-8-17(3)14-6-4-5-7-15(14)18/h4-7,12-13H,8-11,16H2,1-3H3. The topological polar surface area (TPSA) is 32.5 Å². The number of likely N-dealkylation sites (N-methyl/N-ethyl adjacent to an activating group) is 1. The summed E-state index contributed by atoms with van der Waals surface area (Å²) in [6, 6.07) is 9.10. The molecule has 0 bridgehead atoms. The number of rotatable bonds is 4. The van der Waals surface area contributed by atoms with E-state index in [9.17, 15) is 0 Å². The van der Waals surface area contributed by atoms with Gasteiger partial charge in [-0.3, -0.25) is 0 Å². The first-order chi connectivity index (χ1) is 8.63. The van der Waals surface area contributed by atoms with E-state index < -0.39 is 0 Å². The highest BCUT2D eigenvalue weighted by Crippen LogP contribution is 2.33. The van der Waals surface area contributed by atoms with Crippen LogP contribution in [0.3, 0.4) is 0 Å². The number of fused-ring (bicyclic) bond motifs is 1. The van der Waals surface area contributed by atoms with E-state index in [4.69, 9.17) is 5.73 Å². The predicted molar refractivity (Wildman–Crippen MR) is 79.4 cm³/mol.